The van der Waals surface area contributed by atoms with Gasteiger partial charge in [0.15, 0.2) is 5.65 Å². The van der Waals surface area contributed by atoms with E-state index in [1.807, 2.05) is 25.1 Å². The minimum Gasteiger partial charge on any atom is -0.337 e. The van der Waals surface area contributed by atoms with Gasteiger partial charge in [0, 0.05) is 18.3 Å². The standard InChI is InChI=1S/C17H17ClN4O2/c1-12(13-6-5-7-14(18)10-13)20(2)16(23)11-22-17(24)21-9-4-3-8-15(21)19-22/h3-10,12H,11H2,1-2H3. The second kappa shape index (κ2) is 6.49. The van der Waals surface area contributed by atoms with Crippen LogP contribution in [0, 0.1) is 0 Å². The first kappa shape index (κ1) is 16.3. The normalized spacial score (nSPS) is 12.3. The molecule has 0 N–H and O–H groups in total. The average Bonchev–Trinajstić information content (AvgIpc) is 2.90. The molecular weight excluding hydrogens is 328 g/mol. The van der Waals surface area contributed by atoms with Gasteiger partial charge >= 0.3 is 5.69 Å². The number of fused-ring (bicyclic) bond motifs is 1. The van der Waals surface area contributed by atoms with Gasteiger partial charge in [-0.3, -0.25) is 9.20 Å². The highest BCUT2D eigenvalue weighted by atomic mass is 35.5. The molecular formula is C17H17ClN4O2. The summed E-state index contributed by atoms with van der Waals surface area (Å²) in [4.78, 5) is 26.4. The first-order chi connectivity index (χ1) is 11.5. The predicted molar refractivity (Wildman–Crippen MR) is 92.1 cm³/mol. The van der Waals surface area contributed by atoms with Crippen LogP contribution in [0.5, 0.6) is 0 Å². The Morgan fingerprint density at radius 2 is 2.08 bits per heavy atom. The van der Waals surface area contributed by atoms with Gasteiger partial charge in [-0.15, -0.1) is 5.10 Å². The van der Waals surface area contributed by atoms with Crippen LogP contribution in [0.2, 0.25) is 5.02 Å². The van der Waals surface area contributed by atoms with Crippen molar-refractivity contribution < 1.29 is 4.79 Å². The van der Waals surface area contributed by atoms with Crippen molar-refractivity contribution in [2.75, 3.05) is 7.05 Å². The molecule has 0 aliphatic carbocycles. The van der Waals surface area contributed by atoms with E-state index >= 15 is 0 Å². The van der Waals surface area contributed by atoms with E-state index in [9.17, 15) is 9.59 Å². The molecule has 124 valence electrons. The third-order valence-corrected chi connectivity index (χ3v) is 4.31. The number of pyridine rings is 1. The fraction of sp³-hybridized carbons (Fsp3) is 0.235. The summed E-state index contributed by atoms with van der Waals surface area (Å²) in [6.07, 6.45) is 1.63. The number of aromatic nitrogens is 3. The molecule has 0 fully saturated rings. The lowest BCUT2D eigenvalue weighted by Gasteiger charge is -2.25. The number of carbonyl (C=O) groups is 1. The lowest BCUT2D eigenvalue weighted by atomic mass is 10.1. The molecule has 2 aromatic heterocycles. The summed E-state index contributed by atoms with van der Waals surface area (Å²) >= 11 is 6.01. The lowest BCUT2D eigenvalue weighted by Crippen LogP contribution is -2.35. The molecule has 0 bridgehead atoms. The number of nitrogens with zero attached hydrogens (tertiary/aromatic N) is 4. The van der Waals surface area contributed by atoms with Crippen molar-refractivity contribution in [3.05, 3.63) is 69.7 Å². The van der Waals surface area contributed by atoms with Gasteiger partial charge in [-0.2, -0.15) is 0 Å². The molecule has 3 rings (SSSR count). The van der Waals surface area contributed by atoms with Crippen LogP contribution in [0.4, 0.5) is 0 Å². The van der Waals surface area contributed by atoms with Crippen molar-refractivity contribution in [2.45, 2.75) is 19.5 Å². The molecule has 0 aliphatic heterocycles. The molecule has 0 aliphatic rings. The number of hydrogen-bond donors (Lipinski definition) is 0. The molecule has 0 radical (unpaired) electrons. The SMILES string of the molecule is CC(c1cccc(Cl)c1)N(C)C(=O)Cn1nc2ccccn2c1=O. The molecule has 7 heteroatoms. The van der Waals surface area contributed by atoms with Crippen LogP contribution in [0.3, 0.4) is 0 Å². The maximum atomic E-state index is 12.5. The molecule has 1 unspecified atom stereocenters. The first-order valence-electron chi connectivity index (χ1n) is 7.52. The average molecular weight is 345 g/mol. The fourth-order valence-electron chi connectivity index (χ4n) is 2.52. The minimum absolute atomic E-state index is 0.109. The maximum absolute atomic E-state index is 12.5. The minimum atomic E-state index is -0.331. The fourth-order valence-corrected chi connectivity index (χ4v) is 2.72. The van der Waals surface area contributed by atoms with E-state index in [-0.39, 0.29) is 24.2 Å². The number of rotatable bonds is 4. The highest BCUT2D eigenvalue weighted by molar-refractivity contribution is 6.30. The Labute approximate surface area is 143 Å². The Bertz CT molecular complexity index is 947. The molecule has 24 heavy (non-hydrogen) atoms. The zero-order valence-corrected chi connectivity index (χ0v) is 14.1. The topological polar surface area (TPSA) is 59.6 Å². The summed E-state index contributed by atoms with van der Waals surface area (Å²) in [6, 6.07) is 12.5. The van der Waals surface area contributed by atoms with Crippen LogP contribution in [0.25, 0.3) is 5.65 Å². The second-order valence-electron chi connectivity index (χ2n) is 5.60. The molecule has 1 amide bonds. The van der Waals surface area contributed by atoms with Gasteiger partial charge in [0.25, 0.3) is 0 Å². The number of hydrogen-bond acceptors (Lipinski definition) is 3. The third-order valence-electron chi connectivity index (χ3n) is 4.08. The Kier molecular flexibility index (Phi) is 4.40. The zero-order chi connectivity index (χ0) is 17.3. The Balaban J connectivity index is 1.80. The summed E-state index contributed by atoms with van der Waals surface area (Å²) in [5.41, 5.74) is 1.12. The molecule has 6 nitrogen and oxygen atoms in total. The molecule has 0 spiro atoms. The van der Waals surface area contributed by atoms with Crippen molar-refractivity contribution in [3.63, 3.8) is 0 Å². The van der Waals surface area contributed by atoms with E-state index in [2.05, 4.69) is 5.10 Å². The van der Waals surface area contributed by atoms with Gasteiger partial charge < -0.3 is 4.90 Å². The Morgan fingerprint density at radius 1 is 1.29 bits per heavy atom. The van der Waals surface area contributed by atoms with Crippen molar-refractivity contribution in [2.24, 2.45) is 0 Å². The smallest absolute Gasteiger partial charge is 0.337 e. The van der Waals surface area contributed by atoms with Crippen LogP contribution in [0.1, 0.15) is 18.5 Å². The quantitative estimate of drug-likeness (QED) is 0.730. The van der Waals surface area contributed by atoms with Gasteiger partial charge in [0.2, 0.25) is 5.91 Å². The summed E-state index contributed by atoms with van der Waals surface area (Å²) in [7, 11) is 1.70. The van der Waals surface area contributed by atoms with Gasteiger partial charge in [-0.1, -0.05) is 29.8 Å². The van der Waals surface area contributed by atoms with Crippen LogP contribution >= 0.6 is 11.6 Å². The molecule has 1 atom stereocenters. The van der Waals surface area contributed by atoms with Crippen molar-refractivity contribution in [1.82, 2.24) is 19.1 Å². The molecule has 1 aromatic carbocycles. The van der Waals surface area contributed by atoms with E-state index in [1.165, 1.54) is 9.08 Å². The molecule has 0 saturated heterocycles. The highest BCUT2D eigenvalue weighted by Gasteiger charge is 2.19. The molecule has 0 saturated carbocycles. The highest BCUT2D eigenvalue weighted by Crippen LogP contribution is 2.22. The number of carbonyl (C=O) groups excluding carboxylic acids is 1. The summed E-state index contributed by atoms with van der Waals surface area (Å²) in [5.74, 6) is -0.201. The van der Waals surface area contributed by atoms with Crippen LogP contribution < -0.4 is 5.69 Å². The van der Waals surface area contributed by atoms with E-state index < -0.39 is 0 Å². The van der Waals surface area contributed by atoms with Gasteiger partial charge in [0.1, 0.15) is 6.54 Å². The number of likely N-dealkylation sites (N-methyl/N-ethyl adjacent to an activating group) is 1. The summed E-state index contributed by atoms with van der Waals surface area (Å²) in [6.45, 7) is 1.80. The van der Waals surface area contributed by atoms with Crippen LogP contribution in [-0.4, -0.2) is 32.0 Å². The molecule has 2 heterocycles. The van der Waals surface area contributed by atoms with Gasteiger partial charge in [0.05, 0.1) is 6.04 Å². The first-order valence-corrected chi connectivity index (χ1v) is 7.90. The van der Waals surface area contributed by atoms with Gasteiger partial charge in [-0.25, -0.2) is 9.48 Å². The number of benzene rings is 1. The van der Waals surface area contributed by atoms with E-state index in [0.29, 0.717) is 10.7 Å². The summed E-state index contributed by atoms with van der Waals surface area (Å²) < 4.78 is 2.59. The summed E-state index contributed by atoms with van der Waals surface area (Å²) in [5, 5.41) is 4.80. The predicted octanol–water partition coefficient (Wildman–Crippen LogP) is 2.37. The van der Waals surface area contributed by atoms with E-state index in [1.54, 1.807) is 42.4 Å². The zero-order valence-electron chi connectivity index (χ0n) is 13.4. The monoisotopic (exact) mass is 344 g/mol. The van der Waals surface area contributed by atoms with E-state index in [0.717, 1.165) is 5.56 Å². The molecule has 3 aromatic rings. The number of amides is 1. The van der Waals surface area contributed by atoms with Crippen LogP contribution in [0.15, 0.2) is 53.5 Å². The largest absolute Gasteiger partial charge is 0.350 e. The van der Waals surface area contributed by atoms with E-state index in [4.69, 9.17) is 11.6 Å². The number of halogens is 1. The Hall–Kier alpha value is -2.60. The van der Waals surface area contributed by atoms with Crippen LogP contribution in [-0.2, 0) is 11.3 Å². The van der Waals surface area contributed by atoms with Crippen molar-refractivity contribution in [3.8, 4) is 0 Å². The lowest BCUT2D eigenvalue weighted by molar-refractivity contribution is -0.132. The Morgan fingerprint density at radius 3 is 2.79 bits per heavy atom. The third kappa shape index (κ3) is 3.05. The second-order valence-corrected chi connectivity index (χ2v) is 6.04. The van der Waals surface area contributed by atoms with Crippen molar-refractivity contribution in [1.29, 1.82) is 0 Å². The van der Waals surface area contributed by atoms with Crippen molar-refractivity contribution >= 4 is 23.2 Å². The van der Waals surface area contributed by atoms with Gasteiger partial charge in [-0.05, 0) is 36.8 Å². The maximum Gasteiger partial charge on any atom is 0.350 e.